The normalized spacial score (nSPS) is 16.5. The number of carbonyl (C=O) groups excluding carboxylic acids is 4. The van der Waals surface area contributed by atoms with Gasteiger partial charge in [0.05, 0.1) is 11.1 Å². The Morgan fingerprint density at radius 2 is 1.04 bits per heavy atom. The number of rotatable bonds is 0. The van der Waals surface area contributed by atoms with Crippen molar-refractivity contribution in [3.63, 3.8) is 0 Å². The van der Waals surface area contributed by atoms with Crippen LogP contribution in [0, 0.1) is 0 Å². The minimum atomic E-state index is -0.478. The minimum Gasteiger partial charge on any atom is -0.277 e. The van der Waals surface area contributed by atoms with Crippen molar-refractivity contribution in [3.8, 4) is 0 Å². The molecule has 0 radical (unpaired) electrons. The molecule has 0 aliphatic carbocycles. The van der Waals surface area contributed by atoms with Crippen LogP contribution in [0.2, 0.25) is 0 Å². The molecular weight excluding hydrogens is 444 g/mol. The topological polar surface area (TPSA) is 74.8 Å². The molecule has 4 amide bonds. The average Bonchev–Trinajstić information content (AvgIpc) is 2.54. The molecular formula is C16H8Br2N2O4. The first-order valence-corrected chi connectivity index (χ1v) is 8.47. The predicted molar refractivity (Wildman–Crippen MR) is 92.2 cm³/mol. The largest absolute Gasteiger partial charge is 0.277 e. The molecule has 0 saturated carbocycles. The molecule has 0 bridgehead atoms. The summed E-state index contributed by atoms with van der Waals surface area (Å²) in [4.78, 5) is 52.2. The number of hydrogen-bond donors (Lipinski definition) is 0. The van der Waals surface area contributed by atoms with Gasteiger partial charge in [-0.1, -0.05) is 0 Å². The molecule has 0 fully saturated rings. The van der Waals surface area contributed by atoms with Crippen molar-refractivity contribution in [1.82, 2.24) is 9.80 Å². The maximum absolute atomic E-state index is 12.6. The van der Waals surface area contributed by atoms with Crippen LogP contribution in [0.4, 0.5) is 0 Å². The number of benzene rings is 2. The van der Waals surface area contributed by atoms with E-state index in [1.54, 1.807) is 0 Å². The smallest absolute Gasteiger partial charge is 0.262 e. The molecule has 0 N–H and O–H groups in total. The number of amides is 4. The second kappa shape index (κ2) is 4.73. The Labute approximate surface area is 152 Å². The maximum atomic E-state index is 12.6. The van der Waals surface area contributed by atoms with Crippen LogP contribution in [-0.4, -0.2) is 47.5 Å². The molecule has 8 heteroatoms. The van der Waals surface area contributed by atoms with E-state index in [4.69, 9.17) is 0 Å². The molecule has 6 nitrogen and oxygen atoms in total. The van der Waals surface area contributed by atoms with Gasteiger partial charge < -0.3 is 0 Å². The van der Waals surface area contributed by atoms with Crippen LogP contribution in [0.25, 0.3) is 10.8 Å². The van der Waals surface area contributed by atoms with Gasteiger partial charge in [0.1, 0.15) is 0 Å². The maximum Gasteiger partial charge on any atom is 0.262 e. The van der Waals surface area contributed by atoms with Crippen molar-refractivity contribution >= 4 is 66.3 Å². The molecule has 2 aromatic rings. The van der Waals surface area contributed by atoms with Crippen LogP contribution in [0.15, 0.2) is 21.1 Å². The fraction of sp³-hybridized carbons (Fsp3) is 0.125. The number of carbonyl (C=O) groups is 4. The highest BCUT2D eigenvalue weighted by Crippen LogP contribution is 2.43. The summed E-state index contributed by atoms with van der Waals surface area (Å²) in [5.74, 6) is -1.89. The van der Waals surface area contributed by atoms with Gasteiger partial charge >= 0.3 is 0 Å². The van der Waals surface area contributed by atoms with E-state index in [0.717, 1.165) is 9.80 Å². The lowest BCUT2D eigenvalue weighted by Crippen LogP contribution is -2.40. The molecule has 2 heterocycles. The van der Waals surface area contributed by atoms with Crippen LogP contribution in [0.1, 0.15) is 41.4 Å². The van der Waals surface area contributed by atoms with Crippen molar-refractivity contribution in [2.24, 2.45) is 0 Å². The fourth-order valence-corrected chi connectivity index (χ4v) is 4.40. The van der Waals surface area contributed by atoms with Gasteiger partial charge in [-0.25, -0.2) is 0 Å². The zero-order chi connectivity index (χ0) is 17.5. The fourth-order valence-electron chi connectivity index (χ4n) is 3.21. The first kappa shape index (κ1) is 15.5. The molecule has 2 aliphatic rings. The van der Waals surface area contributed by atoms with Crippen molar-refractivity contribution in [1.29, 1.82) is 0 Å². The Morgan fingerprint density at radius 3 is 1.46 bits per heavy atom. The number of imide groups is 2. The van der Waals surface area contributed by atoms with E-state index in [-0.39, 0.29) is 22.3 Å². The van der Waals surface area contributed by atoms with Gasteiger partial charge in [0.15, 0.2) is 0 Å². The molecule has 0 saturated heterocycles. The summed E-state index contributed by atoms with van der Waals surface area (Å²) in [6.45, 7) is 0. The second-order valence-corrected chi connectivity index (χ2v) is 7.36. The van der Waals surface area contributed by atoms with Crippen molar-refractivity contribution in [2.45, 2.75) is 0 Å². The quantitative estimate of drug-likeness (QED) is 0.577. The summed E-state index contributed by atoms with van der Waals surface area (Å²) in [7, 11) is 2.80. The van der Waals surface area contributed by atoms with Crippen LogP contribution < -0.4 is 0 Å². The van der Waals surface area contributed by atoms with E-state index >= 15 is 0 Å². The summed E-state index contributed by atoms with van der Waals surface area (Å²) in [6.07, 6.45) is 0. The molecule has 2 aromatic carbocycles. The van der Waals surface area contributed by atoms with E-state index in [1.165, 1.54) is 26.2 Å². The highest BCUT2D eigenvalue weighted by molar-refractivity contribution is 9.10. The Hall–Kier alpha value is -2.06. The van der Waals surface area contributed by atoms with Gasteiger partial charge in [-0.3, -0.25) is 29.0 Å². The Bertz CT molecular complexity index is 968. The lowest BCUT2D eigenvalue weighted by atomic mass is 9.86. The molecule has 0 atom stereocenters. The van der Waals surface area contributed by atoms with Crippen LogP contribution in [-0.2, 0) is 0 Å². The monoisotopic (exact) mass is 450 g/mol. The van der Waals surface area contributed by atoms with Gasteiger partial charge in [-0.2, -0.15) is 0 Å². The van der Waals surface area contributed by atoms with Crippen LogP contribution >= 0.6 is 31.9 Å². The average molecular weight is 452 g/mol. The third-order valence-corrected chi connectivity index (χ3v) is 5.67. The zero-order valence-corrected chi connectivity index (χ0v) is 15.6. The zero-order valence-electron chi connectivity index (χ0n) is 12.4. The Kier molecular flexibility index (Phi) is 3.05. The van der Waals surface area contributed by atoms with Gasteiger partial charge in [0.2, 0.25) is 0 Å². The summed E-state index contributed by atoms with van der Waals surface area (Å²) in [6, 6.07) is 3.07. The third kappa shape index (κ3) is 1.65. The van der Waals surface area contributed by atoms with E-state index in [9.17, 15) is 19.2 Å². The lowest BCUT2D eigenvalue weighted by molar-refractivity contribution is 0.0628. The minimum absolute atomic E-state index is 0.276. The molecule has 4 rings (SSSR count). The summed E-state index contributed by atoms with van der Waals surface area (Å²) >= 11 is 6.66. The standard InChI is InChI=1S/C16H8Br2N2O4/c1-19-13(21)5-3-7(17)10-12-9(5)6(14(19)22)4-8(18)11(12)16(24)20(2)15(10)23/h3-4H,1-2H3. The van der Waals surface area contributed by atoms with Gasteiger partial charge in [0.25, 0.3) is 23.6 Å². The van der Waals surface area contributed by atoms with Gasteiger partial charge in [0, 0.05) is 44.9 Å². The second-order valence-electron chi connectivity index (χ2n) is 5.65. The van der Waals surface area contributed by atoms with E-state index < -0.39 is 23.6 Å². The predicted octanol–water partition coefficient (Wildman–Crippen LogP) is 2.82. The molecule has 0 spiro atoms. The van der Waals surface area contributed by atoms with Gasteiger partial charge in [-0.15, -0.1) is 0 Å². The number of nitrogens with zero attached hydrogens (tertiary/aromatic N) is 2. The SMILES string of the molecule is CN1C(=O)c2cc(Br)c3c4c(c(Br)cc(c24)C1=O)C(=O)N(C)C3=O. The molecule has 0 unspecified atom stereocenters. The van der Waals surface area contributed by atoms with Crippen molar-refractivity contribution in [2.75, 3.05) is 14.1 Å². The summed E-state index contributed by atoms with van der Waals surface area (Å²) in [5.41, 5.74) is 1.13. The first-order valence-electron chi connectivity index (χ1n) is 6.89. The lowest BCUT2D eigenvalue weighted by Gasteiger charge is -2.30. The molecule has 2 aliphatic heterocycles. The highest BCUT2D eigenvalue weighted by atomic mass is 79.9. The first-order chi connectivity index (χ1) is 11.3. The summed E-state index contributed by atoms with van der Waals surface area (Å²) < 4.78 is 0.825. The third-order valence-electron chi connectivity index (χ3n) is 4.42. The summed E-state index contributed by atoms with van der Waals surface area (Å²) in [5, 5.41) is 0.695. The Morgan fingerprint density at radius 1 is 0.667 bits per heavy atom. The molecule has 24 heavy (non-hydrogen) atoms. The molecule has 120 valence electrons. The van der Waals surface area contributed by atoms with Crippen molar-refractivity contribution < 1.29 is 19.2 Å². The van der Waals surface area contributed by atoms with E-state index in [1.807, 2.05) is 0 Å². The number of halogens is 2. The van der Waals surface area contributed by atoms with Crippen molar-refractivity contribution in [3.05, 3.63) is 43.3 Å². The van der Waals surface area contributed by atoms with Crippen LogP contribution in [0.5, 0.6) is 0 Å². The van der Waals surface area contributed by atoms with Crippen LogP contribution in [0.3, 0.4) is 0 Å². The van der Waals surface area contributed by atoms with E-state index in [2.05, 4.69) is 31.9 Å². The number of hydrogen-bond acceptors (Lipinski definition) is 4. The highest BCUT2D eigenvalue weighted by Gasteiger charge is 2.40. The van der Waals surface area contributed by atoms with Gasteiger partial charge in [-0.05, 0) is 44.0 Å². The molecule has 0 aromatic heterocycles. The Balaban J connectivity index is 2.33. The van der Waals surface area contributed by atoms with E-state index in [0.29, 0.717) is 19.7 Å².